The minimum atomic E-state index is -0.870. The minimum absolute atomic E-state index is 0.164. The second-order valence-corrected chi connectivity index (χ2v) is 7.87. The van der Waals surface area contributed by atoms with Gasteiger partial charge in [-0.1, -0.05) is 27.2 Å². The number of likely N-dealkylation sites (tertiary alicyclic amines) is 1. The van der Waals surface area contributed by atoms with Gasteiger partial charge in [0, 0.05) is 19.1 Å². The van der Waals surface area contributed by atoms with Gasteiger partial charge in [0.05, 0.1) is 6.04 Å². The first kappa shape index (κ1) is 24.4. The summed E-state index contributed by atoms with van der Waals surface area (Å²) in [7, 11) is 5.69. The number of nitrogens with one attached hydrogen (secondary N) is 3. The van der Waals surface area contributed by atoms with Crippen molar-refractivity contribution in [3.63, 3.8) is 0 Å². The van der Waals surface area contributed by atoms with Crippen molar-refractivity contribution < 1.29 is 14.4 Å². The van der Waals surface area contributed by atoms with Crippen LogP contribution >= 0.6 is 0 Å². The number of carbonyl (C=O) groups excluding carboxylic acids is 3. The molecule has 4 unspecified atom stereocenters. The van der Waals surface area contributed by atoms with Gasteiger partial charge in [0.15, 0.2) is 7.98 Å². The monoisotopic (exact) mass is 393 g/mol. The van der Waals surface area contributed by atoms with E-state index < -0.39 is 24.2 Å². The van der Waals surface area contributed by atoms with Gasteiger partial charge in [-0.15, -0.1) is 0 Å². The summed E-state index contributed by atoms with van der Waals surface area (Å²) in [5.41, 5.74) is 6.00. The molecule has 0 aromatic carbocycles. The Morgan fingerprint density at radius 3 is 2.46 bits per heavy atom. The minimum Gasteiger partial charge on any atom is -0.362 e. The Bertz CT molecular complexity index is 532. The van der Waals surface area contributed by atoms with Crippen LogP contribution in [0.2, 0.25) is 0 Å². The topological polar surface area (TPSA) is 117 Å². The standard InChI is InChI=1S/C19H36BN5O3/c1-5-8-14(24-20)16(23-17(26)13(21)11-12(3)4)19(28)25-10-7-9-15(25)18(27)22-6-2/h12-16,24H,5-11,21H2,1-4H3,(H,22,27)(H,23,26). The fourth-order valence-electron chi connectivity index (χ4n) is 3.64. The Labute approximate surface area is 170 Å². The van der Waals surface area contributed by atoms with Crippen molar-refractivity contribution in [2.24, 2.45) is 11.7 Å². The zero-order valence-corrected chi connectivity index (χ0v) is 17.7. The van der Waals surface area contributed by atoms with E-state index in [1.165, 1.54) is 0 Å². The summed E-state index contributed by atoms with van der Waals surface area (Å²) in [4.78, 5) is 39.8. The van der Waals surface area contributed by atoms with E-state index in [2.05, 4.69) is 15.9 Å². The summed E-state index contributed by atoms with van der Waals surface area (Å²) in [6.45, 7) is 8.77. The lowest BCUT2D eigenvalue weighted by molar-refractivity contribution is -0.142. The molecule has 0 aliphatic carbocycles. The molecule has 1 rings (SSSR count). The van der Waals surface area contributed by atoms with Crippen LogP contribution in [0.25, 0.3) is 0 Å². The number of hydrogen-bond donors (Lipinski definition) is 4. The molecule has 4 atom stereocenters. The average Bonchev–Trinajstić information content (AvgIpc) is 3.13. The van der Waals surface area contributed by atoms with Gasteiger partial charge in [-0.25, -0.2) is 0 Å². The molecule has 0 aromatic heterocycles. The van der Waals surface area contributed by atoms with Crippen LogP contribution in [-0.4, -0.2) is 67.9 Å². The molecule has 1 aliphatic heterocycles. The third-order valence-corrected chi connectivity index (χ3v) is 5.03. The fraction of sp³-hybridized carbons (Fsp3) is 0.842. The average molecular weight is 393 g/mol. The molecule has 1 aliphatic rings. The van der Waals surface area contributed by atoms with Gasteiger partial charge in [0.25, 0.3) is 0 Å². The first-order chi connectivity index (χ1) is 13.3. The van der Waals surface area contributed by atoms with Gasteiger partial charge in [-0.3, -0.25) is 14.4 Å². The van der Waals surface area contributed by atoms with Crippen LogP contribution in [0.15, 0.2) is 0 Å². The van der Waals surface area contributed by atoms with Crippen molar-refractivity contribution in [1.29, 1.82) is 0 Å². The number of likely N-dealkylation sites (N-methyl/N-ethyl adjacent to an activating group) is 1. The highest BCUT2D eigenvalue weighted by Gasteiger charge is 2.40. The molecule has 0 spiro atoms. The van der Waals surface area contributed by atoms with Crippen molar-refractivity contribution in [3.05, 3.63) is 0 Å². The predicted molar refractivity (Wildman–Crippen MR) is 110 cm³/mol. The molecule has 0 bridgehead atoms. The van der Waals surface area contributed by atoms with Crippen LogP contribution in [0.4, 0.5) is 0 Å². The SMILES string of the molecule is [B]NC(CCC)C(NC(=O)C(N)CC(C)C)C(=O)N1CCCC1C(=O)NCC. The van der Waals surface area contributed by atoms with Gasteiger partial charge >= 0.3 is 0 Å². The second kappa shape index (κ2) is 12.1. The van der Waals surface area contributed by atoms with E-state index in [0.29, 0.717) is 32.4 Å². The molecule has 1 saturated heterocycles. The van der Waals surface area contributed by atoms with Gasteiger partial charge in [0.2, 0.25) is 17.7 Å². The summed E-state index contributed by atoms with van der Waals surface area (Å²) in [5, 5.41) is 8.23. The molecule has 1 fully saturated rings. The molecule has 28 heavy (non-hydrogen) atoms. The molecule has 2 radical (unpaired) electrons. The van der Waals surface area contributed by atoms with E-state index >= 15 is 0 Å². The molecule has 158 valence electrons. The molecule has 3 amide bonds. The summed E-state index contributed by atoms with van der Waals surface area (Å²) in [6, 6.07) is -2.53. The highest BCUT2D eigenvalue weighted by molar-refractivity contribution is 6.05. The molecular weight excluding hydrogens is 357 g/mol. The van der Waals surface area contributed by atoms with E-state index in [1.807, 2.05) is 27.7 Å². The lowest BCUT2D eigenvalue weighted by atomic mass is 9.97. The molecule has 0 saturated carbocycles. The molecule has 9 heteroatoms. The lowest BCUT2D eigenvalue weighted by Crippen LogP contribution is -2.62. The quantitative estimate of drug-likeness (QED) is 0.363. The number of carbonyl (C=O) groups is 3. The zero-order valence-electron chi connectivity index (χ0n) is 17.7. The van der Waals surface area contributed by atoms with Crippen LogP contribution in [0, 0.1) is 5.92 Å². The van der Waals surface area contributed by atoms with Crippen molar-refractivity contribution in [3.8, 4) is 0 Å². The molecule has 5 N–H and O–H groups in total. The maximum absolute atomic E-state index is 13.3. The molecule has 8 nitrogen and oxygen atoms in total. The maximum Gasteiger partial charge on any atom is 0.247 e. The van der Waals surface area contributed by atoms with Gasteiger partial charge in [-0.2, -0.15) is 0 Å². The van der Waals surface area contributed by atoms with Gasteiger partial charge in [-0.05, 0) is 38.5 Å². The smallest absolute Gasteiger partial charge is 0.247 e. The molecular formula is C19H36BN5O3. The van der Waals surface area contributed by atoms with Crippen molar-refractivity contribution in [2.75, 3.05) is 13.1 Å². The molecule has 1 heterocycles. The van der Waals surface area contributed by atoms with Crippen molar-refractivity contribution in [1.82, 2.24) is 20.8 Å². The largest absolute Gasteiger partial charge is 0.362 e. The van der Waals surface area contributed by atoms with Crippen LogP contribution in [-0.2, 0) is 14.4 Å². The zero-order chi connectivity index (χ0) is 21.3. The summed E-state index contributed by atoms with van der Waals surface area (Å²) >= 11 is 0. The second-order valence-electron chi connectivity index (χ2n) is 7.87. The Kier molecular flexibility index (Phi) is 10.5. The number of hydrogen-bond acceptors (Lipinski definition) is 5. The van der Waals surface area contributed by atoms with E-state index in [9.17, 15) is 14.4 Å². The van der Waals surface area contributed by atoms with Crippen LogP contribution in [0.5, 0.6) is 0 Å². The summed E-state index contributed by atoms with van der Waals surface area (Å²) in [5.74, 6) is -0.579. The Hall–Kier alpha value is -1.61. The van der Waals surface area contributed by atoms with Gasteiger partial charge < -0.3 is 26.5 Å². The highest BCUT2D eigenvalue weighted by atomic mass is 16.2. The van der Waals surface area contributed by atoms with Crippen LogP contribution < -0.4 is 21.6 Å². The Balaban J connectivity index is 3.01. The lowest BCUT2D eigenvalue weighted by Gasteiger charge is -2.33. The number of nitrogens with zero attached hydrogens (tertiary/aromatic N) is 1. The summed E-state index contributed by atoms with van der Waals surface area (Å²) in [6.07, 6.45) is 3.26. The predicted octanol–water partition coefficient (Wildman–Crippen LogP) is -0.186. The Morgan fingerprint density at radius 2 is 1.93 bits per heavy atom. The van der Waals surface area contributed by atoms with E-state index in [0.717, 1.165) is 12.8 Å². The third-order valence-electron chi connectivity index (χ3n) is 5.03. The normalized spacial score (nSPS) is 19.9. The van der Waals surface area contributed by atoms with Crippen molar-refractivity contribution >= 4 is 25.7 Å². The fourth-order valence-corrected chi connectivity index (χ4v) is 3.64. The maximum atomic E-state index is 13.3. The first-order valence-corrected chi connectivity index (χ1v) is 10.4. The third kappa shape index (κ3) is 6.77. The van der Waals surface area contributed by atoms with E-state index in [-0.39, 0.29) is 23.6 Å². The van der Waals surface area contributed by atoms with E-state index in [4.69, 9.17) is 13.7 Å². The van der Waals surface area contributed by atoms with Gasteiger partial charge in [0.1, 0.15) is 12.1 Å². The number of rotatable bonds is 11. The number of amides is 3. The molecule has 0 aromatic rings. The van der Waals surface area contributed by atoms with Crippen molar-refractivity contribution in [2.45, 2.75) is 84.0 Å². The van der Waals surface area contributed by atoms with Crippen LogP contribution in [0.3, 0.4) is 0 Å². The Morgan fingerprint density at radius 1 is 1.25 bits per heavy atom. The first-order valence-electron chi connectivity index (χ1n) is 10.4. The van der Waals surface area contributed by atoms with Crippen LogP contribution in [0.1, 0.15) is 59.8 Å². The number of nitrogens with two attached hydrogens (primary N) is 1. The van der Waals surface area contributed by atoms with E-state index in [1.54, 1.807) is 4.90 Å². The highest BCUT2D eigenvalue weighted by Crippen LogP contribution is 2.20. The summed E-state index contributed by atoms with van der Waals surface area (Å²) < 4.78 is 0.